The first-order valence-corrected chi connectivity index (χ1v) is 8.48. The number of nitro groups is 1. The van der Waals surface area contributed by atoms with Crippen molar-refractivity contribution in [2.45, 2.75) is 0 Å². The Bertz CT molecular complexity index is 1200. The number of carbonyl (C=O) groups excluding carboxylic acids is 1. The Morgan fingerprint density at radius 1 is 1.04 bits per heavy atom. The summed E-state index contributed by atoms with van der Waals surface area (Å²) in [6, 6.07) is 17.5. The maximum atomic E-state index is 12.7. The molecule has 0 saturated heterocycles. The summed E-state index contributed by atoms with van der Waals surface area (Å²) in [5, 5.41) is 19.1. The van der Waals surface area contributed by atoms with Gasteiger partial charge in [-0.15, -0.1) is 5.10 Å². The van der Waals surface area contributed by atoms with Gasteiger partial charge in [-0.05, 0) is 42.5 Å². The topological polar surface area (TPSA) is 100 Å². The van der Waals surface area contributed by atoms with E-state index in [4.69, 9.17) is 16.3 Å². The lowest BCUT2D eigenvalue weighted by Crippen LogP contribution is -2.13. The molecule has 0 aliphatic heterocycles. The van der Waals surface area contributed by atoms with Crippen molar-refractivity contribution >= 4 is 34.2 Å². The lowest BCUT2D eigenvalue weighted by molar-refractivity contribution is -0.385. The molecule has 0 radical (unpaired) electrons. The second-order valence-electron chi connectivity index (χ2n) is 5.77. The number of carbonyl (C=O) groups is 1. The summed E-state index contributed by atoms with van der Waals surface area (Å²) >= 11 is 6.03. The minimum atomic E-state index is -0.574. The van der Waals surface area contributed by atoms with Crippen LogP contribution < -0.4 is 4.74 Å². The first-order chi connectivity index (χ1) is 13.5. The quantitative estimate of drug-likeness (QED) is 0.374. The van der Waals surface area contributed by atoms with Gasteiger partial charge in [-0.2, -0.15) is 4.68 Å². The van der Waals surface area contributed by atoms with Crippen LogP contribution in [0.2, 0.25) is 5.02 Å². The minimum Gasteiger partial charge on any atom is -0.449 e. The molecule has 0 atom stereocenters. The number of halogens is 1. The predicted molar refractivity (Wildman–Crippen MR) is 102 cm³/mol. The van der Waals surface area contributed by atoms with Gasteiger partial charge < -0.3 is 4.74 Å². The van der Waals surface area contributed by atoms with Crippen LogP contribution in [-0.4, -0.2) is 25.8 Å². The fourth-order valence-electron chi connectivity index (χ4n) is 2.67. The molecule has 0 N–H and O–H groups in total. The molecule has 0 fully saturated rings. The third-order valence-corrected chi connectivity index (χ3v) is 4.31. The number of hydrogen-bond acceptors (Lipinski definition) is 6. The monoisotopic (exact) mass is 394 g/mol. The smallest absolute Gasteiger partial charge is 0.313 e. The second kappa shape index (κ2) is 7.09. The number of hydrogen-bond donors (Lipinski definition) is 0. The lowest BCUT2D eigenvalue weighted by Gasteiger charge is -2.08. The molecule has 0 bridgehead atoms. The number of nitrogens with zero attached hydrogens (tertiary/aromatic N) is 4. The van der Waals surface area contributed by atoms with Crippen LogP contribution in [-0.2, 0) is 0 Å². The fourth-order valence-corrected chi connectivity index (χ4v) is 2.88. The second-order valence-corrected chi connectivity index (χ2v) is 6.17. The third-order valence-electron chi connectivity index (χ3n) is 4.01. The molecule has 9 heteroatoms. The van der Waals surface area contributed by atoms with Gasteiger partial charge in [-0.1, -0.05) is 35.0 Å². The molecule has 28 heavy (non-hydrogen) atoms. The molecule has 0 aliphatic carbocycles. The zero-order chi connectivity index (χ0) is 19.7. The fraction of sp³-hybridized carbons (Fsp3) is 0. The van der Waals surface area contributed by atoms with Crippen LogP contribution in [0, 0.1) is 10.1 Å². The van der Waals surface area contributed by atoms with Gasteiger partial charge in [0.1, 0.15) is 11.3 Å². The maximum absolute atomic E-state index is 12.7. The minimum absolute atomic E-state index is 0.0597. The number of fused-ring (bicyclic) bond motifs is 1. The molecule has 0 unspecified atom stereocenters. The average molecular weight is 395 g/mol. The first kappa shape index (κ1) is 17.6. The molecule has 1 heterocycles. The van der Waals surface area contributed by atoms with Gasteiger partial charge in [0.25, 0.3) is 5.91 Å². The number of nitro benzene ring substituents is 1. The van der Waals surface area contributed by atoms with Crippen molar-refractivity contribution in [3.63, 3.8) is 0 Å². The van der Waals surface area contributed by atoms with Crippen molar-refractivity contribution < 1.29 is 14.5 Å². The van der Waals surface area contributed by atoms with Crippen LogP contribution >= 0.6 is 11.6 Å². The van der Waals surface area contributed by atoms with Crippen LogP contribution in [0.25, 0.3) is 11.0 Å². The molecule has 4 aromatic rings. The lowest BCUT2D eigenvalue weighted by atomic mass is 10.2. The van der Waals surface area contributed by atoms with Crippen LogP contribution in [0.4, 0.5) is 5.69 Å². The summed E-state index contributed by atoms with van der Waals surface area (Å²) < 4.78 is 6.79. The van der Waals surface area contributed by atoms with Crippen molar-refractivity contribution in [3.05, 3.63) is 87.4 Å². The first-order valence-electron chi connectivity index (χ1n) is 8.10. The Labute approximate surface area is 163 Å². The summed E-state index contributed by atoms with van der Waals surface area (Å²) in [6.07, 6.45) is 0. The molecule has 0 saturated carbocycles. The van der Waals surface area contributed by atoms with E-state index in [1.165, 1.54) is 47.1 Å². The van der Waals surface area contributed by atoms with Crippen LogP contribution in [0.5, 0.6) is 11.5 Å². The Kier molecular flexibility index (Phi) is 4.46. The van der Waals surface area contributed by atoms with Crippen molar-refractivity contribution in [2.24, 2.45) is 0 Å². The Morgan fingerprint density at radius 2 is 1.79 bits per heavy atom. The predicted octanol–water partition coefficient (Wildman–Crippen LogP) is 4.47. The summed E-state index contributed by atoms with van der Waals surface area (Å²) in [5.41, 5.74) is 1.32. The van der Waals surface area contributed by atoms with Gasteiger partial charge in [-0.3, -0.25) is 14.9 Å². The van der Waals surface area contributed by atoms with E-state index in [-0.39, 0.29) is 22.4 Å². The van der Waals surface area contributed by atoms with Gasteiger partial charge in [-0.25, -0.2) is 0 Å². The van der Waals surface area contributed by atoms with Crippen LogP contribution in [0.3, 0.4) is 0 Å². The number of ether oxygens (including phenoxy) is 1. The summed E-state index contributed by atoms with van der Waals surface area (Å²) in [4.78, 5) is 23.3. The Morgan fingerprint density at radius 3 is 2.54 bits per heavy atom. The van der Waals surface area contributed by atoms with Gasteiger partial charge in [0.2, 0.25) is 5.75 Å². The average Bonchev–Trinajstić information content (AvgIpc) is 3.13. The van der Waals surface area contributed by atoms with E-state index in [1.54, 1.807) is 18.2 Å². The molecular weight excluding hydrogens is 384 g/mol. The normalized spacial score (nSPS) is 10.8. The largest absolute Gasteiger partial charge is 0.449 e. The van der Waals surface area contributed by atoms with E-state index in [2.05, 4.69) is 10.3 Å². The maximum Gasteiger partial charge on any atom is 0.313 e. The SMILES string of the molecule is O=C(c1ccc(Oc2c(Cl)cccc2[N+](=O)[O-])cc1)n1nnc2ccccc21. The van der Waals surface area contributed by atoms with E-state index in [0.717, 1.165) is 0 Å². The van der Waals surface area contributed by atoms with Crippen molar-refractivity contribution in [1.29, 1.82) is 0 Å². The molecule has 3 aromatic carbocycles. The van der Waals surface area contributed by atoms with Crippen molar-refractivity contribution in [2.75, 3.05) is 0 Å². The van der Waals surface area contributed by atoms with Crippen LogP contribution in [0.1, 0.15) is 10.4 Å². The summed E-state index contributed by atoms with van der Waals surface area (Å²) in [5.74, 6) is -0.115. The third kappa shape index (κ3) is 3.17. The van der Waals surface area contributed by atoms with Gasteiger partial charge >= 0.3 is 5.69 Å². The zero-order valence-corrected chi connectivity index (χ0v) is 14.9. The Hall–Kier alpha value is -3.78. The summed E-state index contributed by atoms with van der Waals surface area (Å²) in [6.45, 7) is 0. The molecule has 0 aliphatic rings. The highest BCUT2D eigenvalue weighted by Crippen LogP contribution is 2.37. The van der Waals surface area contributed by atoms with E-state index < -0.39 is 4.92 Å². The van der Waals surface area contributed by atoms with Crippen molar-refractivity contribution in [1.82, 2.24) is 15.0 Å². The molecule has 8 nitrogen and oxygen atoms in total. The highest BCUT2D eigenvalue weighted by atomic mass is 35.5. The van der Waals surface area contributed by atoms with Crippen molar-refractivity contribution in [3.8, 4) is 11.5 Å². The molecule has 4 rings (SSSR count). The van der Waals surface area contributed by atoms with Gasteiger partial charge in [0, 0.05) is 11.6 Å². The number of aromatic nitrogens is 3. The van der Waals surface area contributed by atoms with Gasteiger partial charge in [0.15, 0.2) is 0 Å². The number of rotatable bonds is 4. The highest BCUT2D eigenvalue weighted by Gasteiger charge is 2.19. The molecule has 138 valence electrons. The van der Waals surface area contributed by atoms with E-state index in [9.17, 15) is 14.9 Å². The van der Waals surface area contributed by atoms with Crippen LogP contribution in [0.15, 0.2) is 66.7 Å². The van der Waals surface area contributed by atoms with E-state index in [1.807, 2.05) is 6.07 Å². The molecule has 0 spiro atoms. The molecular formula is C19H11ClN4O4. The molecule has 1 aromatic heterocycles. The van der Waals surface area contributed by atoms with E-state index >= 15 is 0 Å². The zero-order valence-electron chi connectivity index (χ0n) is 14.2. The van der Waals surface area contributed by atoms with Gasteiger partial charge in [0.05, 0.1) is 15.5 Å². The molecule has 0 amide bonds. The number of para-hydroxylation sites is 2. The Balaban J connectivity index is 1.62. The summed E-state index contributed by atoms with van der Waals surface area (Å²) in [7, 11) is 0. The standard InChI is InChI=1S/C19H11ClN4O4/c20-14-4-3-7-17(24(26)27)18(14)28-13-10-8-12(9-11-13)19(25)23-16-6-2-1-5-15(16)21-22-23/h1-11H. The number of benzene rings is 3. The highest BCUT2D eigenvalue weighted by molar-refractivity contribution is 6.32. The van der Waals surface area contributed by atoms with E-state index in [0.29, 0.717) is 22.3 Å².